The van der Waals surface area contributed by atoms with Crippen LogP contribution in [-0.2, 0) is 4.79 Å². The zero-order valence-electron chi connectivity index (χ0n) is 10.2. The third kappa shape index (κ3) is 4.73. The molecule has 0 aliphatic rings. The molecule has 0 bridgehead atoms. The number of hydrogen-bond acceptors (Lipinski definition) is 3. The molecule has 0 unspecified atom stereocenters. The molecule has 0 saturated carbocycles. The molecule has 0 spiro atoms. The third-order valence-corrected chi connectivity index (χ3v) is 1.94. The maximum Gasteiger partial charge on any atom is 0.121 e. The van der Waals surface area contributed by atoms with Crippen LogP contribution < -0.4 is 5.32 Å². The molecular formula is C13H20N2O. The van der Waals surface area contributed by atoms with Crippen LogP contribution >= 0.6 is 0 Å². The Morgan fingerprint density at radius 3 is 2.62 bits per heavy atom. The lowest BCUT2D eigenvalue weighted by molar-refractivity contribution is -0.107. The summed E-state index contributed by atoms with van der Waals surface area (Å²) in [5, 5.41) is 10.3. The summed E-state index contributed by atoms with van der Waals surface area (Å²) in [7, 11) is 0. The second kappa shape index (κ2) is 8.65. The molecule has 0 aliphatic carbocycles. The van der Waals surface area contributed by atoms with Crippen LogP contribution in [0.2, 0.25) is 0 Å². The molecule has 1 aromatic rings. The SMILES string of the molecule is CC.Cc1ccc(C=N)c(NCCC=O)c1. The number of anilines is 1. The van der Waals surface area contributed by atoms with Crippen LogP contribution in [-0.4, -0.2) is 19.0 Å². The number of aryl methyl sites for hydroxylation is 1. The number of rotatable bonds is 5. The van der Waals surface area contributed by atoms with Crippen molar-refractivity contribution in [1.29, 1.82) is 5.41 Å². The zero-order valence-corrected chi connectivity index (χ0v) is 10.2. The van der Waals surface area contributed by atoms with Crippen LogP contribution in [0.1, 0.15) is 31.4 Å². The summed E-state index contributed by atoms with van der Waals surface area (Å²) in [6, 6.07) is 5.84. The van der Waals surface area contributed by atoms with E-state index in [0.29, 0.717) is 13.0 Å². The van der Waals surface area contributed by atoms with Gasteiger partial charge in [0.15, 0.2) is 0 Å². The van der Waals surface area contributed by atoms with Crippen molar-refractivity contribution in [2.24, 2.45) is 0 Å². The number of hydrogen-bond donors (Lipinski definition) is 2. The van der Waals surface area contributed by atoms with E-state index in [0.717, 1.165) is 23.1 Å². The Hall–Kier alpha value is -1.64. The van der Waals surface area contributed by atoms with Gasteiger partial charge in [-0.05, 0) is 18.6 Å². The van der Waals surface area contributed by atoms with Crippen molar-refractivity contribution in [3.63, 3.8) is 0 Å². The Balaban J connectivity index is 0.00000106. The Bertz CT molecular complexity index is 335. The molecule has 0 aliphatic heterocycles. The van der Waals surface area contributed by atoms with Gasteiger partial charge in [0.25, 0.3) is 0 Å². The molecule has 0 heterocycles. The first-order chi connectivity index (χ1) is 7.77. The first-order valence-electron chi connectivity index (χ1n) is 5.56. The van der Waals surface area contributed by atoms with Crippen molar-refractivity contribution >= 4 is 18.2 Å². The highest BCUT2D eigenvalue weighted by atomic mass is 16.1. The van der Waals surface area contributed by atoms with Crippen molar-refractivity contribution in [3.05, 3.63) is 29.3 Å². The van der Waals surface area contributed by atoms with Crippen LogP contribution in [0.4, 0.5) is 5.69 Å². The molecule has 1 aromatic carbocycles. The van der Waals surface area contributed by atoms with Crippen LogP contribution in [0.25, 0.3) is 0 Å². The molecule has 0 amide bonds. The van der Waals surface area contributed by atoms with E-state index in [1.807, 2.05) is 39.0 Å². The average molecular weight is 220 g/mol. The molecular weight excluding hydrogens is 200 g/mol. The fourth-order valence-corrected chi connectivity index (χ4v) is 1.21. The molecule has 0 radical (unpaired) electrons. The second-order valence-corrected chi connectivity index (χ2v) is 3.12. The summed E-state index contributed by atoms with van der Waals surface area (Å²) in [5.41, 5.74) is 2.91. The molecule has 0 atom stereocenters. The van der Waals surface area contributed by atoms with E-state index in [9.17, 15) is 4.79 Å². The van der Waals surface area contributed by atoms with Gasteiger partial charge in [0, 0.05) is 30.4 Å². The largest absolute Gasteiger partial charge is 0.384 e. The first-order valence-corrected chi connectivity index (χ1v) is 5.56. The molecule has 16 heavy (non-hydrogen) atoms. The van der Waals surface area contributed by atoms with Gasteiger partial charge in [-0.2, -0.15) is 0 Å². The van der Waals surface area contributed by atoms with Gasteiger partial charge in [0.05, 0.1) is 0 Å². The number of benzene rings is 1. The second-order valence-electron chi connectivity index (χ2n) is 3.12. The molecule has 0 fully saturated rings. The van der Waals surface area contributed by atoms with Crippen LogP contribution in [0, 0.1) is 12.3 Å². The number of nitrogens with one attached hydrogen (secondary N) is 2. The standard InChI is InChI=1S/C11H14N2O.C2H6/c1-9-3-4-10(8-12)11(7-9)13-5-2-6-14;1-2/h3-4,6-8,12-13H,2,5H2,1H3;1-2H3. The normalized spacial score (nSPS) is 8.69. The van der Waals surface area contributed by atoms with Gasteiger partial charge < -0.3 is 15.5 Å². The fraction of sp³-hybridized carbons (Fsp3) is 0.385. The van der Waals surface area contributed by atoms with Crippen LogP contribution in [0.3, 0.4) is 0 Å². The topological polar surface area (TPSA) is 53.0 Å². The maximum absolute atomic E-state index is 10.1. The van der Waals surface area contributed by atoms with Gasteiger partial charge in [0.2, 0.25) is 0 Å². The van der Waals surface area contributed by atoms with E-state index in [1.165, 1.54) is 6.21 Å². The van der Waals surface area contributed by atoms with Crippen LogP contribution in [0.5, 0.6) is 0 Å². The summed E-state index contributed by atoms with van der Waals surface area (Å²) < 4.78 is 0. The molecule has 3 heteroatoms. The Morgan fingerprint density at radius 2 is 2.06 bits per heavy atom. The zero-order chi connectivity index (χ0) is 12.4. The highest BCUT2D eigenvalue weighted by molar-refractivity contribution is 5.86. The van der Waals surface area contributed by atoms with E-state index in [2.05, 4.69) is 5.32 Å². The Kier molecular flexibility index (Phi) is 7.76. The lowest BCUT2D eigenvalue weighted by Crippen LogP contribution is -2.04. The minimum absolute atomic E-state index is 0.491. The van der Waals surface area contributed by atoms with Gasteiger partial charge in [0.1, 0.15) is 6.29 Å². The number of aldehydes is 1. The lowest BCUT2D eigenvalue weighted by Gasteiger charge is -2.08. The lowest BCUT2D eigenvalue weighted by atomic mass is 10.1. The van der Waals surface area contributed by atoms with Gasteiger partial charge in [-0.3, -0.25) is 0 Å². The molecule has 3 nitrogen and oxygen atoms in total. The summed E-state index contributed by atoms with van der Waals surface area (Å²) in [5.74, 6) is 0. The molecule has 1 rings (SSSR count). The van der Waals surface area contributed by atoms with Crippen LogP contribution in [0.15, 0.2) is 18.2 Å². The third-order valence-electron chi connectivity index (χ3n) is 1.94. The van der Waals surface area contributed by atoms with Crippen molar-refractivity contribution in [2.75, 3.05) is 11.9 Å². The summed E-state index contributed by atoms with van der Waals surface area (Å²) in [4.78, 5) is 10.1. The minimum atomic E-state index is 0.491. The number of carbonyl (C=O) groups is 1. The molecule has 88 valence electrons. The fourth-order valence-electron chi connectivity index (χ4n) is 1.21. The summed E-state index contributed by atoms with van der Waals surface area (Å²) in [6.45, 7) is 6.62. The van der Waals surface area contributed by atoms with E-state index in [4.69, 9.17) is 5.41 Å². The highest BCUT2D eigenvalue weighted by Crippen LogP contribution is 2.15. The van der Waals surface area contributed by atoms with Gasteiger partial charge >= 0.3 is 0 Å². The van der Waals surface area contributed by atoms with Gasteiger partial charge in [-0.25, -0.2) is 0 Å². The highest BCUT2D eigenvalue weighted by Gasteiger charge is 1.98. The number of carbonyl (C=O) groups excluding carboxylic acids is 1. The molecule has 0 saturated heterocycles. The Morgan fingerprint density at radius 1 is 1.38 bits per heavy atom. The molecule has 2 N–H and O–H groups in total. The maximum atomic E-state index is 10.1. The van der Waals surface area contributed by atoms with Gasteiger partial charge in [-0.1, -0.05) is 26.0 Å². The van der Waals surface area contributed by atoms with Crippen molar-refractivity contribution in [2.45, 2.75) is 27.2 Å². The first kappa shape index (κ1) is 14.4. The van der Waals surface area contributed by atoms with Gasteiger partial charge in [-0.15, -0.1) is 0 Å². The van der Waals surface area contributed by atoms with E-state index < -0.39 is 0 Å². The predicted molar refractivity (Wildman–Crippen MR) is 69.6 cm³/mol. The summed E-state index contributed by atoms with van der Waals surface area (Å²) >= 11 is 0. The Labute approximate surface area is 97.4 Å². The van der Waals surface area contributed by atoms with E-state index >= 15 is 0 Å². The minimum Gasteiger partial charge on any atom is -0.384 e. The summed E-state index contributed by atoms with van der Waals surface area (Å²) in [6.07, 6.45) is 2.68. The predicted octanol–water partition coefficient (Wildman–Crippen LogP) is 3.02. The smallest absolute Gasteiger partial charge is 0.121 e. The van der Waals surface area contributed by atoms with Crippen molar-refractivity contribution in [1.82, 2.24) is 0 Å². The van der Waals surface area contributed by atoms with E-state index in [1.54, 1.807) is 0 Å². The average Bonchev–Trinajstić information content (AvgIpc) is 2.32. The van der Waals surface area contributed by atoms with Crippen molar-refractivity contribution in [3.8, 4) is 0 Å². The monoisotopic (exact) mass is 220 g/mol. The van der Waals surface area contributed by atoms with E-state index in [-0.39, 0.29) is 0 Å². The van der Waals surface area contributed by atoms with Crippen molar-refractivity contribution < 1.29 is 4.79 Å². The quantitative estimate of drug-likeness (QED) is 0.455. The molecule has 0 aromatic heterocycles.